The van der Waals surface area contributed by atoms with E-state index < -0.39 is 0 Å². The Morgan fingerprint density at radius 3 is 2.69 bits per heavy atom. The van der Waals surface area contributed by atoms with E-state index in [0.717, 1.165) is 18.4 Å². The van der Waals surface area contributed by atoms with Crippen LogP contribution >= 0.6 is 0 Å². The molecule has 3 rings (SSSR count). The highest BCUT2D eigenvalue weighted by Gasteiger charge is 2.41. The average Bonchev–Trinajstić information content (AvgIpc) is 2.83. The second-order valence-electron chi connectivity index (χ2n) is 4.70. The molecule has 0 saturated carbocycles. The molecule has 1 aromatic carbocycles. The Morgan fingerprint density at radius 2 is 1.88 bits per heavy atom. The zero-order valence-electron chi connectivity index (χ0n) is 9.45. The third kappa shape index (κ3) is 1.69. The third-order valence-electron chi connectivity index (χ3n) is 3.72. The number of rotatable bonds is 1. The summed E-state index contributed by atoms with van der Waals surface area (Å²) in [6.45, 7) is 0. The molecule has 1 saturated heterocycles. The minimum absolute atomic E-state index is 0.359. The Morgan fingerprint density at radius 1 is 1.12 bits per heavy atom. The lowest BCUT2D eigenvalue weighted by atomic mass is 9.90. The van der Waals surface area contributed by atoms with E-state index in [2.05, 4.69) is 6.07 Å². The maximum atomic E-state index is 12.4. The molecular weight excluding hydrogens is 216 g/mol. The van der Waals surface area contributed by atoms with Crippen LogP contribution in [0.1, 0.15) is 35.2 Å². The van der Waals surface area contributed by atoms with Crippen LogP contribution in [0.15, 0.2) is 24.3 Å². The summed E-state index contributed by atoms with van der Waals surface area (Å²) in [6, 6.07) is 8.17. The molecule has 1 unspecified atom stereocenters. The summed E-state index contributed by atoms with van der Waals surface area (Å²) in [4.78, 5) is 12.4. The molecule has 0 spiro atoms. The summed E-state index contributed by atoms with van der Waals surface area (Å²) < 4.78 is 0. The van der Waals surface area contributed by atoms with Crippen molar-refractivity contribution < 1.29 is 4.79 Å². The quantitative estimate of drug-likeness (QED) is 0.681. The number of Topliss-reactive ketones (excluding diaryl/α,β-unsaturated/α-hetero) is 1. The lowest BCUT2D eigenvalue weighted by molar-refractivity contribution is 0.0978. The zero-order chi connectivity index (χ0) is 11.0. The number of carbonyl (C=O) groups excluding carboxylic acids is 1. The van der Waals surface area contributed by atoms with Gasteiger partial charge in [0, 0.05) is 12.0 Å². The minimum atomic E-state index is 0.359. The summed E-state index contributed by atoms with van der Waals surface area (Å²) in [7, 11) is 0.399. The van der Waals surface area contributed by atoms with Gasteiger partial charge in [0.05, 0.1) is 0 Å². The van der Waals surface area contributed by atoms with Crippen molar-refractivity contribution >= 4 is 16.7 Å². The van der Waals surface area contributed by atoms with E-state index in [4.69, 9.17) is 0 Å². The van der Waals surface area contributed by atoms with Crippen LogP contribution in [0, 0.1) is 0 Å². The van der Waals surface area contributed by atoms with Crippen molar-refractivity contribution in [1.29, 1.82) is 0 Å². The molecule has 2 aliphatic rings. The lowest BCUT2D eigenvalue weighted by Gasteiger charge is -2.21. The van der Waals surface area contributed by atoms with Gasteiger partial charge < -0.3 is 0 Å². The van der Waals surface area contributed by atoms with Crippen LogP contribution < -0.4 is 0 Å². The molecule has 0 N–H and O–H groups in total. The van der Waals surface area contributed by atoms with Gasteiger partial charge in [-0.05, 0) is 35.7 Å². The Hall–Kier alpha value is -0.760. The maximum Gasteiger partial charge on any atom is 0.215 e. The fourth-order valence-corrected chi connectivity index (χ4v) is 5.65. The largest absolute Gasteiger partial charge is 0.288 e. The molecule has 16 heavy (non-hydrogen) atoms. The Kier molecular flexibility index (Phi) is 2.76. The highest BCUT2D eigenvalue weighted by atomic mass is 32.2. The second-order valence-corrected chi connectivity index (χ2v) is 7.16. The van der Waals surface area contributed by atoms with Crippen molar-refractivity contribution in [2.75, 3.05) is 11.5 Å². The number of benzene rings is 1. The zero-order valence-corrected chi connectivity index (χ0v) is 10.3. The Balaban J connectivity index is 1.88. The van der Waals surface area contributed by atoms with Crippen LogP contribution in [0.2, 0.25) is 0 Å². The van der Waals surface area contributed by atoms with Crippen LogP contribution in [0.5, 0.6) is 0 Å². The molecule has 1 aromatic rings. The predicted octanol–water partition coefficient (Wildman–Crippen LogP) is 2.60. The van der Waals surface area contributed by atoms with Crippen molar-refractivity contribution in [2.24, 2.45) is 0 Å². The van der Waals surface area contributed by atoms with Crippen molar-refractivity contribution in [2.45, 2.75) is 30.9 Å². The molecule has 0 bridgehead atoms. The normalized spacial score (nSPS) is 25.8. The van der Waals surface area contributed by atoms with Crippen LogP contribution in [0.4, 0.5) is 0 Å². The third-order valence-corrected chi connectivity index (χ3v) is 6.60. The average molecular weight is 233 g/mol. The van der Waals surface area contributed by atoms with Gasteiger partial charge in [0.15, 0.2) is 5.25 Å². The van der Waals surface area contributed by atoms with Gasteiger partial charge in [-0.3, -0.25) is 4.79 Å². The molecule has 0 amide bonds. The number of carbonyl (C=O) groups is 1. The van der Waals surface area contributed by atoms with Crippen LogP contribution in [0.25, 0.3) is 0 Å². The maximum absolute atomic E-state index is 12.4. The first-order valence-corrected chi connectivity index (χ1v) is 7.77. The first-order chi connectivity index (χ1) is 7.86. The monoisotopic (exact) mass is 233 g/mol. The van der Waals surface area contributed by atoms with Crippen LogP contribution in [-0.4, -0.2) is 22.5 Å². The van der Waals surface area contributed by atoms with E-state index in [-0.39, 0.29) is 0 Å². The van der Waals surface area contributed by atoms with Gasteiger partial charge >= 0.3 is 0 Å². The van der Waals surface area contributed by atoms with Gasteiger partial charge in [-0.25, -0.2) is 0 Å². The molecule has 0 aromatic heterocycles. The molecule has 2 heteroatoms. The Labute approximate surface area is 99.6 Å². The van der Waals surface area contributed by atoms with Crippen molar-refractivity contribution in [3.05, 3.63) is 35.4 Å². The molecule has 1 atom stereocenters. The summed E-state index contributed by atoms with van der Waals surface area (Å²) in [6.07, 6.45) is 4.89. The fraction of sp³-hybridized carbons (Fsp3) is 0.500. The first-order valence-electron chi connectivity index (χ1n) is 6.15. The molecule has 1 heterocycles. The highest BCUT2D eigenvalue weighted by molar-refractivity contribution is 7.98. The van der Waals surface area contributed by atoms with Gasteiger partial charge in [-0.2, -0.15) is 0 Å². The van der Waals surface area contributed by atoms with Gasteiger partial charge in [-0.1, -0.05) is 24.3 Å². The number of ketones is 1. The minimum Gasteiger partial charge on any atom is -0.288 e. The molecule has 1 aliphatic carbocycles. The SMILES string of the molecule is O=C1c2ccccc2CCC1[S+]1CCCC1. The summed E-state index contributed by atoms with van der Waals surface area (Å²) in [5.41, 5.74) is 2.28. The van der Waals surface area contributed by atoms with Crippen LogP contribution in [0.3, 0.4) is 0 Å². The topological polar surface area (TPSA) is 17.1 Å². The second kappa shape index (κ2) is 4.25. The van der Waals surface area contributed by atoms with E-state index in [9.17, 15) is 4.79 Å². The molecule has 1 nitrogen and oxygen atoms in total. The van der Waals surface area contributed by atoms with Crippen molar-refractivity contribution in [1.82, 2.24) is 0 Å². The highest BCUT2D eigenvalue weighted by Crippen LogP contribution is 2.30. The smallest absolute Gasteiger partial charge is 0.215 e. The lowest BCUT2D eigenvalue weighted by Crippen LogP contribution is -2.35. The molecular formula is C14H17OS+. The summed E-state index contributed by atoms with van der Waals surface area (Å²) in [5.74, 6) is 3.05. The molecule has 0 radical (unpaired) electrons. The van der Waals surface area contributed by atoms with Gasteiger partial charge in [0.1, 0.15) is 11.5 Å². The standard InChI is InChI=1S/C14H17OS/c15-14-12-6-2-1-5-11(12)7-8-13(14)16-9-3-4-10-16/h1-2,5-6,13H,3-4,7-10H2/q+1. The first kappa shape index (κ1) is 10.4. The Bertz CT molecular complexity index is 407. The van der Waals surface area contributed by atoms with Crippen molar-refractivity contribution in [3.8, 4) is 0 Å². The number of hydrogen-bond donors (Lipinski definition) is 0. The summed E-state index contributed by atoms with van der Waals surface area (Å²) >= 11 is 0. The number of aryl methyl sites for hydroxylation is 1. The molecule has 1 aliphatic heterocycles. The molecule has 84 valence electrons. The summed E-state index contributed by atoms with van der Waals surface area (Å²) in [5, 5.41) is 0.359. The van der Waals surface area contributed by atoms with E-state index in [1.807, 2.05) is 18.2 Å². The van der Waals surface area contributed by atoms with Gasteiger partial charge in [0.2, 0.25) is 5.78 Å². The van der Waals surface area contributed by atoms with E-state index >= 15 is 0 Å². The van der Waals surface area contributed by atoms with Crippen molar-refractivity contribution in [3.63, 3.8) is 0 Å². The molecule has 1 fully saturated rings. The van der Waals surface area contributed by atoms with E-state index in [1.165, 1.54) is 29.9 Å². The van der Waals surface area contributed by atoms with Gasteiger partial charge in [-0.15, -0.1) is 0 Å². The number of hydrogen-bond acceptors (Lipinski definition) is 1. The fourth-order valence-electron chi connectivity index (χ4n) is 2.85. The van der Waals surface area contributed by atoms with E-state index in [0.29, 0.717) is 21.9 Å². The number of fused-ring (bicyclic) bond motifs is 1. The predicted molar refractivity (Wildman–Crippen MR) is 69.2 cm³/mol. The van der Waals surface area contributed by atoms with E-state index in [1.54, 1.807) is 0 Å². The van der Waals surface area contributed by atoms with Gasteiger partial charge in [0.25, 0.3) is 0 Å². The van der Waals surface area contributed by atoms with Crippen LogP contribution in [-0.2, 0) is 17.3 Å².